The molecule has 1 aliphatic carbocycles. The number of rotatable bonds is 6. The lowest BCUT2D eigenvalue weighted by atomic mass is 10.1. The number of carbonyl (C=O) groups excluding carboxylic acids is 1. The van der Waals surface area contributed by atoms with Crippen LogP contribution in [0, 0.1) is 5.92 Å². The number of nitrogens with one attached hydrogen (secondary N) is 1. The van der Waals surface area contributed by atoms with Gasteiger partial charge < -0.3 is 19.9 Å². The summed E-state index contributed by atoms with van der Waals surface area (Å²) in [6.45, 7) is 1.45. The monoisotopic (exact) mass is 293 g/mol. The second kappa shape index (κ2) is 6.03. The summed E-state index contributed by atoms with van der Waals surface area (Å²) in [5.41, 5.74) is 0.917. The Balaban J connectivity index is 2.09. The van der Waals surface area contributed by atoms with Crippen LogP contribution in [0.25, 0.3) is 0 Å². The number of hydrogen-bond acceptors (Lipinski definition) is 4. The summed E-state index contributed by atoms with van der Waals surface area (Å²) in [5.74, 6) is -0.0405. The third-order valence-corrected chi connectivity index (χ3v) is 3.69. The summed E-state index contributed by atoms with van der Waals surface area (Å²) in [6, 6.07) is 4.58. The zero-order valence-corrected chi connectivity index (χ0v) is 12.3. The summed E-state index contributed by atoms with van der Waals surface area (Å²) in [5, 5.41) is 11.3. The van der Waals surface area contributed by atoms with Crippen molar-refractivity contribution in [2.45, 2.75) is 25.3 Å². The molecule has 1 fully saturated rings. The second-order valence-electron chi connectivity index (χ2n) is 5.13. The van der Waals surface area contributed by atoms with Crippen molar-refractivity contribution in [1.29, 1.82) is 0 Å². The molecular weight excluding hydrogens is 274 g/mol. The van der Waals surface area contributed by atoms with Crippen molar-refractivity contribution in [2.75, 3.05) is 14.2 Å². The van der Waals surface area contributed by atoms with Crippen molar-refractivity contribution in [3.05, 3.63) is 23.8 Å². The molecule has 0 heterocycles. The molecule has 1 aromatic carbocycles. The van der Waals surface area contributed by atoms with E-state index in [2.05, 4.69) is 5.32 Å². The van der Waals surface area contributed by atoms with Gasteiger partial charge in [-0.05, 0) is 31.5 Å². The summed E-state index contributed by atoms with van der Waals surface area (Å²) in [4.78, 5) is 22.8. The summed E-state index contributed by atoms with van der Waals surface area (Å²) in [6.07, 6.45) is 0.682. The van der Waals surface area contributed by atoms with E-state index in [1.54, 1.807) is 26.4 Å². The third kappa shape index (κ3) is 3.26. The van der Waals surface area contributed by atoms with Gasteiger partial charge in [0.15, 0.2) is 0 Å². The number of aliphatic carboxylic acids is 1. The molecule has 0 aromatic heterocycles. The van der Waals surface area contributed by atoms with E-state index in [-0.39, 0.29) is 17.7 Å². The fourth-order valence-electron chi connectivity index (χ4n) is 2.34. The minimum absolute atomic E-state index is 0.0380. The third-order valence-electron chi connectivity index (χ3n) is 3.69. The van der Waals surface area contributed by atoms with Gasteiger partial charge in [0.25, 0.3) is 0 Å². The molecule has 0 radical (unpaired) electrons. The molecule has 2 N–H and O–H groups in total. The predicted octanol–water partition coefficient (Wildman–Crippen LogP) is 1.40. The van der Waals surface area contributed by atoms with Crippen molar-refractivity contribution in [2.24, 2.45) is 5.92 Å². The van der Waals surface area contributed by atoms with Gasteiger partial charge >= 0.3 is 5.97 Å². The predicted molar refractivity (Wildman–Crippen MR) is 75.6 cm³/mol. The fraction of sp³-hybridized carbons (Fsp3) is 0.467. The second-order valence-corrected chi connectivity index (χ2v) is 5.13. The molecule has 1 aromatic rings. The Morgan fingerprint density at radius 2 is 2.05 bits per heavy atom. The molecule has 6 nitrogen and oxygen atoms in total. The molecule has 2 rings (SSSR count). The lowest BCUT2D eigenvalue weighted by Crippen LogP contribution is -2.39. The minimum atomic E-state index is -1.04. The number of carboxylic acids is 1. The Hall–Kier alpha value is -2.24. The van der Waals surface area contributed by atoms with Gasteiger partial charge in [-0.1, -0.05) is 0 Å². The fourth-order valence-corrected chi connectivity index (χ4v) is 2.34. The highest BCUT2D eigenvalue weighted by atomic mass is 16.5. The van der Waals surface area contributed by atoms with E-state index in [4.69, 9.17) is 14.6 Å². The van der Waals surface area contributed by atoms with Crippen molar-refractivity contribution in [3.8, 4) is 11.5 Å². The van der Waals surface area contributed by atoms with E-state index in [0.717, 1.165) is 5.56 Å². The highest BCUT2D eigenvalue weighted by Crippen LogP contribution is 2.51. The molecule has 3 atom stereocenters. The molecule has 1 aliphatic rings. The SMILES string of the molecule is COc1ccc(OC)c(C2CC2C(=O)N[C@H](C)C(=O)O)c1. The van der Waals surface area contributed by atoms with E-state index in [9.17, 15) is 9.59 Å². The van der Waals surface area contributed by atoms with Crippen LogP contribution in [-0.2, 0) is 9.59 Å². The number of benzene rings is 1. The van der Waals surface area contributed by atoms with Crippen LogP contribution in [0.4, 0.5) is 0 Å². The lowest BCUT2D eigenvalue weighted by molar-refractivity contribution is -0.141. The van der Waals surface area contributed by atoms with Gasteiger partial charge in [-0.15, -0.1) is 0 Å². The summed E-state index contributed by atoms with van der Waals surface area (Å²) >= 11 is 0. The standard InChI is InChI=1S/C15H19NO5/c1-8(15(18)19)16-14(17)12-7-10(12)11-6-9(20-2)4-5-13(11)21-3/h4-6,8,10,12H,7H2,1-3H3,(H,16,17)(H,18,19)/t8-,10?,12?/m1/s1. The van der Waals surface area contributed by atoms with E-state index in [0.29, 0.717) is 17.9 Å². The van der Waals surface area contributed by atoms with Gasteiger partial charge in [0.2, 0.25) is 5.91 Å². The normalized spacial score (nSPS) is 21.3. The number of hydrogen-bond donors (Lipinski definition) is 2. The molecule has 1 amide bonds. The average Bonchev–Trinajstić information content (AvgIpc) is 3.26. The first-order valence-electron chi connectivity index (χ1n) is 6.73. The van der Waals surface area contributed by atoms with Crippen LogP contribution in [0.5, 0.6) is 11.5 Å². The number of carbonyl (C=O) groups is 2. The lowest BCUT2D eigenvalue weighted by Gasteiger charge is -2.11. The summed E-state index contributed by atoms with van der Waals surface area (Å²) in [7, 11) is 3.16. The van der Waals surface area contributed by atoms with Crippen molar-refractivity contribution < 1.29 is 24.2 Å². The van der Waals surface area contributed by atoms with Crippen LogP contribution in [0.15, 0.2) is 18.2 Å². The Labute approximate surface area is 123 Å². The first-order chi connectivity index (χ1) is 9.97. The smallest absolute Gasteiger partial charge is 0.325 e. The maximum absolute atomic E-state index is 12.0. The molecule has 114 valence electrons. The molecule has 0 bridgehead atoms. The van der Waals surface area contributed by atoms with Gasteiger partial charge in [-0.25, -0.2) is 0 Å². The van der Waals surface area contributed by atoms with E-state index in [1.807, 2.05) is 6.07 Å². The maximum Gasteiger partial charge on any atom is 0.325 e. The Morgan fingerprint density at radius 1 is 1.33 bits per heavy atom. The van der Waals surface area contributed by atoms with Crippen molar-refractivity contribution in [3.63, 3.8) is 0 Å². The Morgan fingerprint density at radius 3 is 2.62 bits per heavy atom. The van der Waals surface area contributed by atoms with Crippen LogP contribution < -0.4 is 14.8 Å². The number of ether oxygens (including phenoxy) is 2. The molecule has 0 saturated heterocycles. The minimum Gasteiger partial charge on any atom is -0.497 e. The highest BCUT2D eigenvalue weighted by Gasteiger charge is 2.46. The van der Waals surface area contributed by atoms with Crippen LogP contribution >= 0.6 is 0 Å². The van der Waals surface area contributed by atoms with E-state index < -0.39 is 12.0 Å². The van der Waals surface area contributed by atoms with Gasteiger partial charge in [0.1, 0.15) is 17.5 Å². The average molecular weight is 293 g/mol. The molecule has 0 spiro atoms. The number of methoxy groups -OCH3 is 2. The van der Waals surface area contributed by atoms with Crippen LogP contribution in [0.3, 0.4) is 0 Å². The Bertz CT molecular complexity index is 557. The van der Waals surface area contributed by atoms with Gasteiger partial charge in [-0.2, -0.15) is 0 Å². The van der Waals surface area contributed by atoms with Crippen LogP contribution in [-0.4, -0.2) is 37.2 Å². The molecule has 21 heavy (non-hydrogen) atoms. The molecule has 6 heteroatoms. The van der Waals surface area contributed by atoms with Gasteiger partial charge in [0, 0.05) is 17.4 Å². The first-order valence-corrected chi connectivity index (χ1v) is 6.73. The summed E-state index contributed by atoms with van der Waals surface area (Å²) < 4.78 is 10.5. The van der Waals surface area contributed by atoms with Crippen molar-refractivity contribution in [1.82, 2.24) is 5.32 Å². The topological polar surface area (TPSA) is 84.9 Å². The zero-order valence-electron chi connectivity index (χ0n) is 12.3. The number of carboxylic acid groups (broad SMARTS) is 1. The maximum atomic E-state index is 12.0. The largest absolute Gasteiger partial charge is 0.497 e. The van der Waals surface area contributed by atoms with Gasteiger partial charge in [-0.3, -0.25) is 9.59 Å². The molecule has 2 unspecified atom stereocenters. The van der Waals surface area contributed by atoms with Crippen LogP contribution in [0.1, 0.15) is 24.8 Å². The van der Waals surface area contributed by atoms with E-state index >= 15 is 0 Å². The number of amides is 1. The highest BCUT2D eigenvalue weighted by molar-refractivity contribution is 5.87. The van der Waals surface area contributed by atoms with Crippen LogP contribution in [0.2, 0.25) is 0 Å². The zero-order chi connectivity index (χ0) is 15.6. The molecule has 1 saturated carbocycles. The Kier molecular flexibility index (Phi) is 4.35. The molecular formula is C15H19NO5. The van der Waals surface area contributed by atoms with E-state index in [1.165, 1.54) is 6.92 Å². The molecule has 0 aliphatic heterocycles. The van der Waals surface area contributed by atoms with Gasteiger partial charge in [0.05, 0.1) is 14.2 Å². The quantitative estimate of drug-likeness (QED) is 0.828. The first kappa shape index (κ1) is 15.2. The van der Waals surface area contributed by atoms with Crippen molar-refractivity contribution >= 4 is 11.9 Å².